The van der Waals surface area contributed by atoms with E-state index in [9.17, 15) is 5.11 Å². The molecular formula is C20H14BrN3O. The molecule has 0 atom stereocenters. The maximum atomic E-state index is 9.98. The van der Waals surface area contributed by atoms with Crippen LogP contribution < -0.4 is 5.32 Å². The minimum Gasteiger partial charge on any atom is -0.506 e. The molecule has 0 fully saturated rings. The summed E-state index contributed by atoms with van der Waals surface area (Å²) in [5.74, 6) is 0.596. The molecule has 0 saturated carbocycles. The lowest BCUT2D eigenvalue weighted by Crippen LogP contribution is -2.00. The van der Waals surface area contributed by atoms with Crippen molar-refractivity contribution in [3.05, 3.63) is 77.3 Å². The number of nitrogens with one attached hydrogen (secondary N) is 1. The van der Waals surface area contributed by atoms with Gasteiger partial charge < -0.3 is 10.4 Å². The lowest BCUT2D eigenvalue weighted by Gasteiger charge is -2.11. The van der Waals surface area contributed by atoms with Gasteiger partial charge >= 0.3 is 0 Å². The van der Waals surface area contributed by atoms with E-state index in [4.69, 9.17) is 4.98 Å². The van der Waals surface area contributed by atoms with Crippen molar-refractivity contribution in [2.24, 2.45) is 0 Å². The van der Waals surface area contributed by atoms with Crippen molar-refractivity contribution in [2.75, 3.05) is 5.32 Å². The SMILES string of the molecule is Oc1ccccc1Nc1nc(-c2ccccc2)c2cc(Br)ccc2n1. The number of halogens is 1. The molecule has 0 bridgehead atoms. The van der Waals surface area contributed by atoms with E-state index in [0.29, 0.717) is 11.6 Å². The van der Waals surface area contributed by atoms with Crippen molar-refractivity contribution >= 4 is 38.5 Å². The molecular weight excluding hydrogens is 378 g/mol. The highest BCUT2D eigenvalue weighted by molar-refractivity contribution is 9.10. The number of aromatic hydroxyl groups is 1. The Balaban J connectivity index is 1.89. The molecule has 1 aromatic heterocycles. The minimum atomic E-state index is 0.156. The predicted octanol–water partition coefficient (Wildman–Crippen LogP) is 5.51. The fourth-order valence-electron chi connectivity index (χ4n) is 2.67. The molecule has 4 aromatic rings. The van der Waals surface area contributed by atoms with Gasteiger partial charge in [0.15, 0.2) is 0 Å². The van der Waals surface area contributed by atoms with Gasteiger partial charge in [-0.05, 0) is 30.3 Å². The number of rotatable bonds is 3. The van der Waals surface area contributed by atoms with Crippen LogP contribution in [0.2, 0.25) is 0 Å². The van der Waals surface area contributed by atoms with Crippen molar-refractivity contribution in [3.8, 4) is 17.0 Å². The van der Waals surface area contributed by atoms with Crippen LogP contribution in [0, 0.1) is 0 Å². The first kappa shape index (κ1) is 15.6. The summed E-state index contributed by atoms with van der Waals surface area (Å²) < 4.78 is 0.974. The molecule has 0 unspecified atom stereocenters. The maximum absolute atomic E-state index is 9.98. The van der Waals surface area contributed by atoms with Crippen molar-refractivity contribution in [3.63, 3.8) is 0 Å². The molecule has 122 valence electrons. The monoisotopic (exact) mass is 391 g/mol. The Labute approximate surface area is 153 Å². The third-order valence-corrected chi connectivity index (χ3v) is 4.35. The number of phenols is 1. The number of benzene rings is 3. The third kappa shape index (κ3) is 3.19. The second-order valence-electron chi connectivity index (χ2n) is 5.57. The molecule has 0 saturated heterocycles. The van der Waals surface area contributed by atoms with Gasteiger partial charge in [0.05, 0.1) is 16.9 Å². The fraction of sp³-hybridized carbons (Fsp3) is 0. The van der Waals surface area contributed by atoms with Crippen molar-refractivity contribution in [1.82, 2.24) is 9.97 Å². The average molecular weight is 392 g/mol. The highest BCUT2D eigenvalue weighted by atomic mass is 79.9. The zero-order chi connectivity index (χ0) is 17.2. The van der Waals surface area contributed by atoms with Gasteiger partial charge in [-0.3, -0.25) is 0 Å². The largest absolute Gasteiger partial charge is 0.506 e. The van der Waals surface area contributed by atoms with Crippen LogP contribution in [0.3, 0.4) is 0 Å². The summed E-state index contributed by atoms with van der Waals surface area (Å²) in [7, 11) is 0. The van der Waals surface area contributed by atoms with Gasteiger partial charge in [-0.25, -0.2) is 9.97 Å². The number of hydrogen-bond donors (Lipinski definition) is 2. The van der Waals surface area contributed by atoms with Crippen molar-refractivity contribution in [2.45, 2.75) is 0 Å². The van der Waals surface area contributed by atoms with Gasteiger partial charge in [-0.15, -0.1) is 0 Å². The topological polar surface area (TPSA) is 58.0 Å². The first-order valence-electron chi connectivity index (χ1n) is 7.78. The molecule has 2 N–H and O–H groups in total. The molecule has 1 heterocycles. The van der Waals surface area contributed by atoms with E-state index in [1.54, 1.807) is 18.2 Å². The van der Waals surface area contributed by atoms with Crippen molar-refractivity contribution in [1.29, 1.82) is 0 Å². The van der Waals surface area contributed by atoms with Gasteiger partial charge in [0, 0.05) is 15.4 Å². The van der Waals surface area contributed by atoms with Crippen LogP contribution in [-0.4, -0.2) is 15.1 Å². The Morgan fingerprint density at radius 3 is 2.40 bits per heavy atom. The van der Waals surface area contributed by atoms with E-state index >= 15 is 0 Å². The van der Waals surface area contributed by atoms with Gasteiger partial charge in [0.1, 0.15) is 5.75 Å². The highest BCUT2D eigenvalue weighted by Gasteiger charge is 2.11. The first-order valence-corrected chi connectivity index (χ1v) is 8.58. The van der Waals surface area contributed by atoms with Crippen LogP contribution >= 0.6 is 15.9 Å². The molecule has 4 rings (SSSR count). The lowest BCUT2D eigenvalue weighted by molar-refractivity contribution is 0.477. The minimum absolute atomic E-state index is 0.156. The summed E-state index contributed by atoms with van der Waals surface area (Å²) in [6.45, 7) is 0. The molecule has 0 radical (unpaired) electrons. The van der Waals surface area contributed by atoms with Crippen LogP contribution in [0.5, 0.6) is 5.75 Å². The second kappa shape index (κ2) is 6.53. The zero-order valence-electron chi connectivity index (χ0n) is 13.1. The number of aromatic nitrogens is 2. The average Bonchev–Trinajstić information content (AvgIpc) is 2.64. The quantitative estimate of drug-likeness (QED) is 0.452. The molecule has 0 aliphatic heterocycles. The van der Waals surface area contributed by atoms with Gasteiger partial charge in [-0.2, -0.15) is 0 Å². The van der Waals surface area contributed by atoms with Gasteiger partial charge in [0.2, 0.25) is 5.95 Å². The number of phenolic OH excluding ortho intramolecular Hbond substituents is 1. The smallest absolute Gasteiger partial charge is 0.228 e. The van der Waals surface area contributed by atoms with Crippen LogP contribution in [0.15, 0.2) is 77.3 Å². The lowest BCUT2D eigenvalue weighted by atomic mass is 10.1. The van der Waals surface area contributed by atoms with E-state index in [0.717, 1.165) is 26.6 Å². The Kier molecular flexibility index (Phi) is 4.07. The summed E-state index contributed by atoms with van der Waals surface area (Å²) in [6.07, 6.45) is 0. The highest BCUT2D eigenvalue weighted by Crippen LogP contribution is 2.31. The van der Waals surface area contributed by atoms with Gasteiger partial charge in [0.25, 0.3) is 0 Å². The van der Waals surface area contributed by atoms with E-state index in [1.165, 1.54) is 0 Å². The van der Waals surface area contributed by atoms with Crippen LogP contribution in [0.4, 0.5) is 11.6 Å². The van der Waals surface area contributed by atoms with Crippen molar-refractivity contribution < 1.29 is 5.11 Å². The predicted molar refractivity (Wildman–Crippen MR) is 104 cm³/mol. The number of hydrogen-bond acceptors (Lipinski definition) is 4. The van der Waals surface area contributed by atoms with E-state index in [1.807, 2.05) is 54.6 Å². The van der Waals surface area contributed by atoms with Gasteiger partial charge in [-0.1, -0.05) is 58.4 Å². The summed E-state index contributed by atoms with van der Waals surface area (Å²) in [5.41, 5.74) is 3.24. The Morgan fingerprint density at radius 1 is 0.840 bits per heavy atom. The number of nitrogens with zero attached hydrogens (tertiary/aromatic N) is 2. The number of fused-ring (bicyclic) bond motifs is 1. The Hall–Kier alpha value is -2.92. The summed E-state index contributed by atoms with van der Waals surface area (Å²) >= 11 is 3.52. The van der Waals surface area contributed by atoms with E-state index < -0.39 is 0 Å². The molecule has 5 heteroatoms. The number of para-hydroxylation sites is 2. The Morgan fingerprint density at radius 2 is 1.60 bits per heavy atom. The summed E-state index contributed by atoms with van der Waals surface area (Å²) in [5, 5.41) is 14.1. The molecule has 25 heavy (non-hydrogen) atoms. The standard InChI is InChI=1S/C20H14BrN3O/c21-14-10-11-16-15(12-14)19(13-6-2-1-3-7-13)24-20(22-16)23-17-8-4-5-9-18(17)25/h1-12,25H,(H,22,23,24). The molecule has 3 aromatic carbocycles. The fourth-order valence-corrected chi connectivity index (χ4v) is 3.03. The second-order valence-corrected chi connectivity index (χ2v) is 6.48. The van der Waals surface area contributed by atoms with Crippen LogP contribution in [-0.2, 0) is 0 Å². The number of anilines is 2. The molecule has 0 spiro atoms. The molecule has 0 aliphatic carbocycles. The summed E-state index contributed by atoms with van der Waals surface area (Å²) in [4.78, 5) is 9.28. The molecule has 0 aliphatic rings. The Bertz CT molecular complexity index is 1050. The molecule has 0 amide bonds. The van der Waals surface area contributed by atoms with Crippen LogP contribution in [0.25, 0.3) is 22.2 Å². The van der Waals surface area contributed by atoms with Crippen LogP contribution in [0.1, 0.15) is 0 Å². The molecule has 4 nitrogen and oxygen atoms in total. The first-order chi connectivity index (χ1) is 12.2. The zero-order valence-corrected chi connectivity index (χ0v) is 14.7. The van der Waals surface area contributed by atoms with E-state index in [-0.39, 0.29) is 5.75 Å². The normalized spacial score (nSPS) is 10.8. The summed E-state index contributed by atoms with van der Waals surface area (Å²) in [6, 6.07) is 22.9. The maximum Gasteiger partial charge on any atom is 0.228 e. The van der Waals surface area contributed by atoms with E-state index in [2.05, 4.69) is 26.2 Å². The third-order valence-electron chi connectivity index (χ3n) is 3.86.